The Labute approximate surface area is 144 Å². The summed E-state index contributed by atoms with van der Waals surface area (Å²) in [5.41, 5.74) is 2.16. The van der Waals surface area contributed by atoms with Crippen molar-refractivity contribution in [2.45, 2.75) is 18.6 Å². The van der Waals surface area contributed by atoms with Crippen LogP contribution in [0.1, 0.15) is 12.0 Å². The number of benzene rings is 1. The molecular formula is C16H18ClNO4S. The number of thioether (sulfide) groups is 1. The first-order valence-corrected chi connectivity index (χ1v) is 8.50. The van der Waals surface area contributed by atoms with Gasteiger partial charge in [0.2, 0.25) is 0 Å². The summed E-state index contributed by atoms with van der Waals surface area (Å²) in [4.78, 5) is 28.3. The minimum atomic E-state index is -0.506. The van der Waals surface area contributed by atoms with E-state index in [9.17, 15) is 9.59 Å². The number of methoxy groups -OCH3 is 2. The quantitative estimate of drug-likeness (QED) is 0.776. The molecule has 2 unspecified atom stereocenters. The molecule has 1 aliphatic heterocycles. The Morgan fingerprint density at radius 1 is 1.35 bits per heavy atom. The summed E-state index contributed by atoms with van der Waals surface area (Å²) in [6.07, 6.45) is 0.190. The van der Waals surface area contributed by atoms with Gasteiger partial charge < -0.3 is 9.47 Å². The molecule has 1 aromatic rings. The minimum Gasteiger partial charge on any atom is -0.469 e. The average Bonchev–Trinajstić information content (AvgIpc) is 2.93. The number of carbonyl (C=O) groups is 2. The second-order valence-corrected chi connectivity index (χ2v) is 6.68. The highest BCUT2D eigenvalue weighted by atomic mass is 35.5. The highest BCUT2D eigenvalue weighted by Crippen LogP contribution is 2.35. The first kappa shape index (κ1) is 17.8. The van der Waals surface area contributed by atoms with Crippen LogP contribution in [0.5, 0.6) is 0 Å². The first-order chi connectivity index (χ1) is 11.0. The second kappa shape index (κ2) is 7.84. The monoisotopic (exact) mass is 355 g/mol. The molecule has 0 saturated carbocycles. The van der Waals surface area contributed by atoms with Gasteiger partial charge in [0.15, 0.2) is 0 Å². The van der Waals surface area contributed by atoms with Crippen LogP contribution >= 0.6 is 23.4 Å². The molecule has 0 aromatic heterocycles. The molecule has 124 valence electrons. The molecule has 1 heterocycles. The zero-order chi connectivity index (χ0) is 17.0. The number of rotatable bonds is 4. The number of hydrogen-bond donors (Lipinski definition) is 0. The van der Waals surface area contributed by atoms with E-state index in [2.05, 4.69) is 4.99 Å². The Kier molecular flexibility index (Phi) is 6.07. The van der Waals surface area contributed by atoms with Crippen LogP contribution in [-0.4, -0.2) is 42.9 Å². The van der Waals surface area contributed by atoms with Crippen molar-refractivity contribution in [1.82, 2.24) is 0 Å². The SMILES string of the molecule is COC(=O)CC1CSC(C(=O)OC)C1=Nc1cccc(Cl)c1C. The number of aliphatic imine (C=N–C) groups is 1. The van der Waals surface area contributed by atoms with E-state index in [0.29, 0.717) is 22.2 Å². The molecule has 1 saturated heterocycles. The van der Waals surface area contributed by atoms with E-state index in [1.807, 2.05) is 13.0 Å². The summed E-state index contributed by atoms with van der Waals surface area (Å²) in [6.45, 7) is 1.87. The molecule has 0 aliphatic carbocycles. The fourth-order valence-corrected chi connectivity index (χ4v) is 3.88. The van der Waals surface area contributed by atoms with Crippen LogP contribution in [0.2, 0.25) is 5.02 Å². The van der Waals surface area contributed by atoms with Crippen LogP contribution in [0.4, 0.5) is 5.69 Å². The summed E-state index contributed by atoms with van der Waals surface area (Å²) >= 11 is 7.56. The lowest BCUT2D eigenvalue weighted by molar-refractivity contribution is -0.141. The number of ether oxygens (including phenoxy) is 2. The van der Waals surface area contributed by atoms with Crippen LogP contribution in [-0.2, 0) is 19.1 Å². The van der Waals surface area contributed by atoms with Gasteiger partial charge in [0, 0.05) is 22.4 Å². The largest absolute Gasteiger partial charge is 0.469 e. The molecule has 0 radical (unpaired) electrons. The predicted octanol–water partition coefficient (Wildman–Crippen LogP) is 3.19. The van der Waals surface area contributed by atoms with Crippen LogP contribution in [0.3, 0.4) is 0 Å². The topological polar surface area (TPSA) is 65.0 Å². The van der Waals surface area contributed by atoms with Gasteiger partial charge in [-0.1, -0.05) is 17.7 Å². The third-order valence-corrected chi connectivity index (χ3v) is 5.47. The Balaban J connectivity index is 2.40. The van der Waals surface area contributed by atoms with Gasteiger partial charge in [-0.15, -0.1) is 11.8 Å². The molecule has 23 heavy (non-hydrogen) atoms. The van der Waals surface area contributed by atoms with Gasteiger partial charge in [-0.25, -0.2) is 0 Å². The maximum Gasteiger partial charge on any atom is 0.324 e. The van der Waals surface area contributed by atoms with Gasteiger partial charge in [-0.3, -0.25) is 14.6 Å². The molecule has 0 amide bonds. The Morgan fingerprint density at radius 3 is 2.74 bits per heavy atom. The Hall–Kier alpha value is -1.53. The molecule has 0 N–H and O–H groups in total. The van der Waals surface area contributed by atoms with Crippen molar-refractivity contribution in [2.24, 2.45) is 10.9 Å². The van der Waals surface area contributed by atoms with Gasteiger partial charge in [0.1, 0.15) is 5.25 Å². The zero-order valence-electron chi connectivity index (χ0n) is 13.2. The van der Waals surface area contributed by atoms with Crippen molar-refractivity contribution < 1.29 is 19.1 Å². The van der Waals surface area contributed by atoms with E-state index in [1.54, 1.807) is 12.1 Å². The molecule has 2 rings (SSSR count). The standard InChI is InChI=1S/C16H18ClNO4S/c1-9-11(17)5-4-6-12(9)18-14-10(7-13(19)21-2)8-23-15(14)16(20)22-3/h4-6,10,15H,7-8H2,1-3H3. The van der Waals surface area contributed by atoms with Gasteiger partial charge in [-0.05, 0) is 24.6 Å². The Bertz CT molecular complexity index is 647. The molecule has 1 aliphatic rings. The second-order valence-electron chi connectivity index (χ2n) is 5.13. The average molecular weight is 356 g/mol. The maximum absolute atomic E-state index is 12.0. The first-order valence-electron chi connectivity index (χ1n) is 7.07. The number of carbonyl (C=O) groups excluding carboxylic acids is 2. The van der Waals surface area contributed by atoms with E-state index in [4.69, 9.17) is 21.1 Å². The lowest BCUT2D eigenvalue weighted by Gasteiger charge is -2.13. The highest BCUT2D eigenvalue weighted by Gasteiger charge is 2.39. The highest BCUT2D eigenvalue weighted by molar-refractivity contribution is 8.01. The summed E-state index contributed by atoms with van der Waals surface area (Å²) < 4.78 is 9.59. The molecule has 1 aromatic carbocycles. The van der Waals surface area contributed by atoms with Gasteiger partial charge in [0.25, 0.3) is 0 Å². The van der Waals surface area contributed by atoms with Crippen molar-refractivity contribution in [3.05, 3.63) is 28.8 Å². The molecule has 7 heteroatoms. The maximum atomic E-state index is 12.0. The van der Waals surface area contributed by atoms with Crippen molar-refractivity contribution >= 4 is 46.7 Å². The molecule has 1 fully saturated rings. The molecule has 0 spiro atoms. The lowest BCUT2D eigenvalue weighted by Crippen LogP contribution is -2.29. The number of nitrogens with zero attached hydrogens (tertiary/aromatic N) is 1. The normalized spacial score (nSPS) is 22.2. The van der Waals surface area contributed by atoms with Crippen LogP contribution < -0.4 is 0 Å². The number of halogens is 1. The van der Waals surface area contributed by atoms with E-state index < -0.39 is 5.25 Å². The van der Waals surface area contributed by atoms with Crippen molar-refractivity contribution in [3.63, 3.8) is 0 Å². The smallest absolute Gasteiger partial charge is 0.324 e. The third kappa shape index (κ3) is 4.06. The summed E-state index contributed by atoms with van der Waals surface area (Å²) in [7, 11) is 2.69. The minimum absolute atomic E-state index is 0.157. The van der Waals surface area contributed by atoms with Crippen molar-refractivity contribution in [3.8, 4) is 0 Å². The Morgan fingerprint density at radius 2 is 2.09 bits per heavy atom. The number of esters is 2. The van der Waals surface area contributed by atoms with E-state index in [0.717, 1.165) is 5.56 Å². The van der Waals surface area contributed by atoms with Crippen molar-refractivity contribution in [2.75, 3.05) is 20.0 Å². The van der Waals surface area contributed by atoms with Gasteiger partial charge in [-0.2, -0.15) is 0 Å². The predicted molar refractivity (Wildman–Crippen MR) is 91.7 cm³/mol. The van der Waals surface area contributed by atoms with Crippen LogP contribution in [0, 0.1) is 12.8 Å². The van der Waals surface area contributed by atoms with Gasteiger partial charge in [0.05, 0.1) is 26.3 Å². The fraction of sp³-hybridized carbons (Fsp3) is 0.438. The van der Waals surface area contributed by atoms with Crippen LogP contribution in [0.15, 0.2) is 23.2 Å². The molecule has 2 atom stereocenters. The third-order valence-electron chi connectivity index (χ3n) is 3.70. The van der Waals surface area contributed by atoms with Gasteiger partial charge >= 0.3 is 11.9 Å². The molecule has 5 nitrogen and oxygen atoms in total. The fourth-order valence-electron chi connectivity index (χ4n) is 2.35. The van der Waals surface area contributed by atoms with E-state index in [-0.39, 0.29) is 24.3 Å². The van der Waals surface area contributed by atoms with E-state index >= 15 is 0 Å². The number of hydrogen-bond acceptors (Lipinski definition) is 6. The van der Waals surface area contributed by atoms with E-state index in [1.165, 1.54) is 26.0 Å². The summed E-state index contributed by atoms with van der Waals surface area (Å²) in [6, 6.07) is 5.42. The lowest BCUT2D eigenvalue weighted by atomic mass is 9.98. The molecular weight excluding hydrogens is 338 g/mol. The van der Waals surface area contributed by atoms with Crippen molar-refractivity contribution in [1.29, 1.82) is 0 Å². The summed E-state index contributed by atoms with van der Waals surface area (Å²) in [5, 5.41) is 0.102. The summed E-state index contributed by atoms with van der Waals surface area (Å²) in [5.74, 6) is -0.222. The molecule has 0 bridgehead atoms. The zero-order valence-corrected chi connectivity index (χ0v) is 14.7. The van der Waals surface area contributed by atoms with Crippen LogP contribution in [0.25, 0.3) is 0 Å².